The van der Waals surface area contributed by atoms with Gasteiger partial charge in [0.1, 0.15) is 0 Å². The van der Waals surface area contributed by atoms with Gasteiger partial charge in [0.05, 0.1) is 0 Å². The van der Waals surface area contributed by atoms with Gasteiger partial charge >= 0.3 is 156 Å². The molecule has 0 bridgehead atoms. The SMILES string of the molecule is O=[C]=[Rh]([Cl])([Cl])([Cl])([Cl])([Cl])([Cl])(=[C]=O)(=[C]=O)(=[C]=O)(=[C]=O)(=[C]=O)(=[C]=O)(=[C]=O)(=[C]=O)(=[C]=O)(=[C]=O)=[C]=O. The molecule has 12 nitrogen and oxygen atoms in total. The van der Waals surface area contributed by atoms with Crippen LogP contribution < -0.4 is 0 Å². The molecular formula is C12Cl6O12Rh. The van der Waals surface area contributed by atoms with Crippen molar-refractivity contribution in [2.24, 2.45) is 0 Å². The van der Waals surface area contributed by atoms with Gasteiger partial charge in [-0.15, -0.1) is 0 Å². The van der Waals surface area contributed by atoms with Crippen LogP contribution in [0.1, 0.15) is 0 Å². The molecule has 19 heteroatoms. The van der Waals surface area contributed by atoms with E-state index in [0.29, 0.717) is 0 Å². The average Bonchev–Trinajstić information content (AvgIpc) is 2.83. The van der Waals surface area contributed by atoms with Crippen molar-refractivity contribution in [3.8, 4) is 0 Å². The van der Waals surface area contributed by atoms with Crippen molar-refractivity contribution in [3.05, 3.63) is 0 Å². The molecule has 0 aromatic heterocycles. The molecule has 0 N–H and O–H groups in total. The van der Waals surface area contributed by atoms with Gasteiger partial charge in [0.25, 0.3) is 0 Å². The third-order valence-corrected chi connectivity index (χ3v) is 59.4. The van der Waals surface area contributed by atoms with Crippen molar-refractivity contribution >= 4 is 112 Å². The van der Waals surface area contributed by atoms with Gasteiger partial charge in [-0.05, 0) is 0 Å². The van der Waals surface area contributed by atoms with Gasteiger partial charge in [-0.3, -0.25) is 0 Å². The van der Waals surface area contributed by atoms with Crippen molar-refractivity contribution in [1.82, 2.24) is 0 Å². The van der Waals surface area contributed by atoms with E-state index in [9.17, 15) is 57.5 Å². The Kier molecular flexibility index (Phi) is 0.657. The van der Waals surface area contributed by atoms with E-state index in [1.807, 2.05) is 0 Å². The summed E-state index contributed by atoms with van der Waals surface area (Å²) in [5.74, 6) is 0. The second-order valence-corrected chi connectivity index (χ2v) is 156. The van der Waals surface area contributed by atoms with Crippen LogP contribution in [0.15, 0.2) is 0 Å². The Balaban J connectivity index is 25.2. The molecule has 0 spiro atoms. The van der Waals surface area contributed by atoms with E-state index in [4.69, 9.17) is 58.1 Å². The van der Waals surface area contributed by atoms with Crippen molar-refractivity contribution in [2.45, 2.75) is 0 Å². The maximum atomic E-state index is 13.1. The van der Waals surface area contributed by atoms with E-state index >= 15 is 0 Å². The Morgan fingerprint density at radius 3 is 0.323 bits per heavy atom. The fourth-order valence-electron chi connectivity index (χ4n) is 0.917. The molecule has 0 saturated heterocycles. The topological polar surface area (TPSA) is 205 Å². The van der Waals surface area contributed by atoms with Crippen molar-refractivity contribution in [1.29, 1.82) is 0 Å². The molecule has 0 unspecified atom stereocenters. The summed E-state index contributed by atoms with van der Waals surface area (Å²) in [4.78, 5) is 157. The summed E-state index contributed by atoms with van der Waals surface area (Å²) >= 11 is 0. The zero-order chi connectivity index (χ0) is 26.7. The molecule has 0 aromatic carbocycles. The standard InChI is InChI=1S/12CO.6ClH.Rh/c12*1-2;;;;;;;/h;;;;;;;;;;;;6*1H;/q;;;;;;;;;;;;;;;;;;+6/p-6. The first-order valence-electron chi connectivity index (χ1n) is 5.21. The number of hydrogen-bond donors (Lipinski definition) is 0. The number of hydrogen-bond acceptors (Lipinski definition) is 12. The summed E-state index contributed by atoms with van der Waals surface area (Å²) < 4.78 is -48.5. The van der Waals surface area contributed by atoms with E-state index in [1.54, 1.807) is 0 Å². The van der Waals surface area contributed by atoms with Gasteiger partial charge in [0.2, 0.25) is 0 Å². The molecule has 0 aliphatic heterocycles. The quantitative estimate of drug-likeness (QED) is 0.300. The minimum absolute atomic E-state index is 2.20. The van der Waals surface area contributed by atoms with Crippen LogP contribution in [-0.4, -0.2) is 53.7 Å². The molecule has 0 aliphatic rings. The molecule has 171 valence electrons. The fourth-order valence-corrected chi connectivity index (χ4v) is 5.42. The fraction of sp³-hybridized carbons (Fsp3) is 0. The third kappa shape index (κ3) is 0.432. The zero-order valence-electron chi connectivity index (χ0n) is 13.5. The maximum absolute atomic E-state index is 22.1. The van der Waals surface area contributed by atoms with Crippen LogP contribution in [0.3, 0.4) is 0 Å². The first-order valence-corrected chi connectivity index (χ1v) is 27.7. The van der Waals surface area contributed by atoms with Crippen LogP contribution in [0.2, 0.25) is 0 Å². The molecule has 0 saturated carbocycles. The number of rotatable bonds is 0. The van der Waals surface area contributed by atoms with Crippen molar-refractivity contribution in [2.75, 3.05) is 0 Å². The van der Waals surface area contributed by atoms with E-state index in [-0.39, 0.29) is 0 Å². The van der Waals surface area contributed by atoms with Gasteiger partial charge in [-0.1, -0.05) is 0 Å². The van der Waals surface area contributed by atoms with Crippen molar-refractivity contribution in [3.63, 3.8) is 0 Å². The van der Waals surface area contributed by atoms with Gasteiger partial charge in [0, 0.05) is 0 Å². The Morgan fingerprint density at radius 1 is 0.258 bits per heavy atom. The predicted octanol–water partition coefficient (Wildman–Crippen LogP) is -0.631. The van der Waals surface area contributed by atoms with Crippen LogP contribution in [0.5, 0.6) is 0 Å². The zero-order valence-corrected chi connectivity index (χ0v) is 19.7. The second kappa shape index (κ2) is 0.719. The summed E-state index contributed by atoms with van der Waals surface area (Å²) in [6, 6.07) is 0. The van der Waals surface area contributed by atoms with Crippen molar-refractivity contribution < 1.29 is 44.5 Å². The minimum atomic E-state index is -22.1. The summed E-state index contributed by atoms with van der Waals surface area (Å²) in [6.45, 7) is 0. The second-order valence-electron chi connectivity index (χ2n) is 11.6. The Morgan fingerprint density at radius 2 is 0.323 bits per heavy atom. The molecule has 0 rings (SSSR count). The molecule has 0 radical (unpaired) electrons. The van der Waals surface area contributed by atoms with Gasteiger partial charge in [0.15, 0.2) is 0 Å². The van der Waals surface area contributed by atoms with E-state index in [1.165, 1.54) is 0 Å². The van der Waals surface area contributed by atoms with E-state index in [2.05, 4.69) is 0 Å². The summed E-state index contributed by atoms with van der Waals surface area (Å²) in [6.07, 6.45) is 0. The molecule has 0 atom stereocenters. The molecule has 0 aromatic rings. The van der Waals surface area contributed by atoms with E-state index in [0.717, 1.165) is 0 Å². The van der Waals surface area contributed by atoms with Gasteiger partial charge < -0.3 is 0 Å². The predicted molar refractivity (Wildman–Crippen MR) is 103 cm³/mol. The molecule has 31 heavy (non-hydrogen) atoms. The van der Waals surface area contributed by atoms with Crippen LogP contribution in [0.25, 0.3) is 0 Å². The molecule has 0 aliphatic carbocycles. The summed E-state index contributed by atoms with van der Waals surface area (Å²) in [7, 11) is 30.5. The Bertz CT molecular complexity index is 5340. The Labute approximate surface area is 155 Å². The third-order valence-electron chi connectivity index (χ3n) is 6.34. The number of halogens is 6. The van der Waals surface area contributed by atoms with Gasteiger partial charge in [-0.2, -0.15) is 0 Å². The molecule has 0 amide bonds. The number of carbonyl (C=O) groups excluding carboxylic acids is 12. The van der Waals surface area contributed by atoms with Crippen LogP contribution in [0.4, 0.5) is 0 Å². The first-order chi connectivity index (χ1) is 11.9. The molecule has 0 fully saturated rings. The summed E-state index contributed by atoms with van der Waals surface area (Å²) in [5, 5.41) is 0. The van der Waals surface area contributed by atoms with Gasteiger partial charge in [-0.25, -0.2) is 0 Å². The van der Waals surface area contributed by atoms with Crippen LogP contribution >= 0.6 is 58.1 Å². The molecular weight excluding hydrogens is 652 g/mol. The molecule has 0 heterocycles. The van der Waals surface area contributed by atoms with E-state index < -0.39 is 40.6 Å². The average molecular weight is 652 g/mol. The normalized spacial score (nSPS) is 44.7. The van der Waals surface area contributed by atoms with Crippen LogP contribution in [0, 0.1) is 0 Å². The monoisotopic (exact) mass is 649 g/mol. The summed E-state index contributed by atoms with van der Waals surface area (Å²) in [5.41, 5.74) is 0. The first kappa shape index (κ1) is 28.3. The van der Waals surface area contributed by atoms with Crippen LogP contribution in [-0.2, 0) is 44.5 Å². The Hall–Kier alpha value is -2.68.